The second kappa shape index (κ2) is 9.55. The molecule has 8 heteroatoms. The summed E-state index contributed by atoms with van der Waals surface area (Å²) in [6.45, 7) is 1.91. The fourth-order valence-corrected chi connectivity index (χ4v) is 3.29. The van der Waals surface area contributed by atoms with Crippen molar-refractivity contribution in [3.63, 3.8) is 0 Å². The first kappa shape index (κ1) is 21.0. The maximum atomic E-state index is 12.7. The van der Waals surface area contributed by atoms with Gasteiger partial charge in [0.2, 0.25) is 0 Å². The van der Waals surface area contributed by atoms with Crippen LogP contribution in [0.15, 0.2) is 46.8 Å². The molecule has 0 bridgehead atoms. The van der Waals surface area contributed by atoms with E-state index in [1.807, 2.05) is 0 Å². The van der Waals surface area contributed by atoms with Crippen LogP contribution in [0.1, 0.15) is 18.4 Å². The third-order valence-electron chi connectivity index (χ3n) is 4.05. The van der Waals surface area contributed by atoms with Crippen molar-refractivity contribution in [2.45, 2.75) is 12.8 Å². The highest BCUT2D eigenvalue weighted by molar-refractivity contribution is 6.31. The Morgan fingerprint density at radius 2 is 1.70 bits per heavy atom. The lowest BCUT2D eigenvalue weighted by Crippen LogP contribution is -2.36. The van der Waals surface area contributed by atoms with Gasteiger partial charge in [0.1, 0.15) is 0 Å². The third-order valence-corrected chi connectivity index (χ3v) is 4.39. The molecule has 27 heavy (non-hydrogen) atoms. The number of carboxylic acid groups (broad SMARTS) is 1. The average molecular weight is 396 g/mol. The van der Waals surface area contributed by atoms with Gasteiger partial charge in [-0.05, 0) is 18.6 Å². The Morgan fingerprint density at radius 3 is 2.22 bits per heavy atom. The Hall–Kier alpha value is -2.35. The Balaban J connectivity index is 2.77. The topological polar surface area (TPSA) is 94.1 Å². The van der Waals surface area contributed by atoms with Gasteiger partial charge in [0.25, 0.3) is 0 Å². The maximum Gasteiger partial charge on any atom is 0.336 e. The lowest BCUT2D eigenvalue weighted by Gasteiger charge is -2.31. The van der Waals surface area contributed by atoms with Crippen LogP contribution in [0.4, 0.5) is 0 Å². The summed E-state index contributed by atoms with van der Waals surface area (Å²) >= 11 is 6.35. The lowest BCUT2D eigenvalue weighted by atomic mass is 9.80. The summed E-state index contributed by atoms with van der Waals surface area (Å²) in [5, 5.41) is 13.2. The van der Waals surface area contributed by atoms with Crippen molar-refractivity contribution >= 4 is 23.5 Å². The van der Waals surface area contributed by atoms with Crippen LogP contribution in [-0.2, 0) is 23.8 Å². The zero-order chi connectivity index (χ0) is 20.0. The number of hydrogen-bond acceptors (Lipinski definition) is 6. The first-order valence-electron chi connectivity index (χ1n) is 8.32. The van der Waals surface area contributed by atoms with E-state index in [-0.39, 0.29) is 31.0 Å². The van der Waals surface area contributed by atoms with E-state index >= 15 is 0 Å². The minimum absolute atomic E-state index is 0.0197. The van der Waals surface area contributed by atoms with Gasteiger partial charge in [0.15, 0.2) is 0 Å². The molecular weight excluding hydrogens is 374 g/mol. The fourth-order valence-electron chi connectivity index (χ4n) is 3.05. The molecule has 1 aliphatic rings. The minimum atomic E-state index is -1.18. The molecule has 146 valence electrons. The van der Waals surface area contributed by atoms with E-state index in [4.69, 9.17) is 25.8 Å². The zero-order valence-electron chi connectivity index (χ0n) is 15.4. The second-order valence-electron chi connectivity index (χ2n) is 5.76. The molecule has 1 aromatic rings. The van der Waals surface area contributed by atoms with Gasteiger partial charge < -0.3 is 24.6 Å². The van der Waals surface area contributed by atoms with Crippen molar-refractivity contribution in [3.05, 3.63) is 57.4 Å². The number of benzene rings is 1. The molecule has 1 heterocycles. The van der Waals surface area contributed by atoms with Gasteiger partial charge in [-0.2, -0.15) is 0 Å². The van der Waals surface area contributed by atoms with E-state index in [2.05, 4.69) is 5.32 Å². The lowest BCUT2D eigenvalue weighted by molar-refractivity contribution is -0.139. The molecule has 1 unspecified atom stereocenters. The Labute approximate surface area is 162 Å². The van der Waals surface area contributed by atoms with Gasteiger partial charge in [-0.15, -0.1) is 0 Å². The first-order chi connectivity index (χ1) is 13.0. The molecule has 0 spiro atoms. The summed E-state index contributed by atoms with van der Waals surface area (Å²) in [4.78, 5) is 24.9. The molecule has 0 amide bonds. The third kappa shape index (κ3) is 4.50. The monoisotopic (exact) mass is 395 g/mol. The smallest absolute Gasteiger partial charge is 0.336 e. The molecule has 2 rings (SSSR count). The van der Waals surface area contributed by atoms with Crippen LogP contribution in [0.25, 0.3) is 0 Å². The van der Waals surface area contributed by atoms with Crippen LogP contribution in [0.5, 0.6) is 0 Å². The number of carbonyl (C=O) groups is 2. The number of ether oxygens (including phenoxy) is 3. The van der Waals surface area contributed by atoms with E-state index in [1.165, 1.54) is 14.2 Å². The Bertz CT molecular complexity index is 786. The number of hydrogen-bond donors (Lipinski definition) is 2. The molecule has 1 aromatic carbocycles. The second-order valence-corrected chi connectivity index (χ2v) is 6.16. The summed E-state index contributed by atoms with van der Waals surface area (Å²) in [6.07, 6.45) is 0. The van der Waals surface area contributed by atoms with Crippen molar-refractivity contribution in [1.82, 2.24) is 5.32 Å². The van der Waals surface area contributed by atoms with Gasteiger partial charge in [0, 0.05) is 19.2 Å². The molecule has 7 nitrogen and oxygen atoms in total. The highest BCUT2D eigenvalue weighted by atomic mass is 35.5. The number of aliphatic carboxylic acids is 1. The van der Waals surface area contributed by atoms with Crippen LogP contribution >= 0.6 is 11.6 Å². The fraction of sp³-hybridized carbons (Fsp3) is 0.368. The van der Waals surface area contributed by atoms with Crippen molar-refractivity contribution in [1.29, 1.82) is 0 Å². The first-order valence-corrected chi connectivity index (χ1v) is 8.69. The van der Waals surface area contributed by atoms with Gasteiger partial charge in [-0.25, -0.2) is 9.59 Å². The van der Waals surface area contributed by atoms with E-state index in [0.29, 0.717) is 22.0 Å². The molecule has 0 radical (unpaired) electrons. The van der Waals surface area contributed by atoms with Gasteiger partial charge in [-0.3, -0.25) is 0 Å². The number of carbonyl (C=O) groups excluding carboxylic acids is 1. The van der Waals surface area contributed by atoms with Crippen molar-refractivity contribution in [2.75, 3.05) is 34.0 Å². The molecule has 1 atom stereocenters. The number of rotatable bonds is 8. The van der Waals surface area contributed by atoms with Crippen LogP contribution in [0.3, 0.4) is 0 Å². The van der Waals surface area contributed by atoms with Gasteiger partial charge in [0.05, 0.1) is 48.3 Å². The van der Waals surface area contributed by atoms with Crippen LogP contribution in [0.2, 0.25) is 5.02 Å². The normalized spacial score (nSPS) is 17.0. The summed E-state index contributed by atoms with van der Waals surface area (Å²) < 4.78 is 15.5. The highest BCUT2D eigenvalue weighted by Crippen LogP contribution is 2.41. The standard InChI is InChI=1S/C19H22ClNO6/c1-4-27-19(24)17-14(10-26-3)21-13(9-25-2)16(18(22)23)15(17)11-7-5-6-8-12(11)20/h5-8,15,21H,4,9-10H2,1-3H3,(H,22,23). The van der Waals surface area contributed by atoms with Crippen LogP contribution < -0.4 is 5.32 Å². The number of carboxylic acids is 1. The predicted molar refractivity (Wildman–Crippen MR) is 99.4 cm³/mol. The number of nitrogens with one attached hydrogen (secondary N) is 1. The quantitative estimate of drug-likeness (QED) is 0.653. The van der Waals surface area contributed by atoms with Crippen molar-refractivity contribution in [2.24, 2.45) is 0 Å². The molecule has 0 aromatic heterocycles. The SMILES string of the molecule is CCOC(=O)C1=C(COC)NC(COC)=C(C(=O)O)C1c1ccccc1Cl. The van der Waals surface area contributed by atoms with Gasteiger partial charge >= 0.3 is 11.9 Å². The average Bonchev–Trinajstić information content (AvgIpc) is 2.62. The van der Waals surface area contributed by atoms with E-state index in [1.54, 1.807) is 31.2 Å². The predicted octanol–water partition coefficient (Wildman–Crippen LogP) is 2.48. The maximum absolute atomic E-state index is 12.7. The minimum Gasteiger partial charge on any atom is -0.478 e. The molecule has 2 N–H and O–H groups in total. The number of dihydropyridines is 1. The van der Waals surface area contributed by atoms with E-state index in [0.717, 1.165) is 0 Å². The Kier molecular flexibility index (Phi) is 7.41. The number of halogens is 1. The molecule has 0 saturated heterocycles. The van der Waals surface area contributed by atoms with Crippen molar-refractivity contribution < 1.29 is 28.9 Å². The largest absolute Gasteiger partial charge is 0.478 e. The highest BCUT2D eigenvalue weighted by Gasteiger charge is 2.40. The number of methoxy groups -OCH3 is 2. The molecule has 0 fully saturated rings. The van der Waals surface area contributed by atoms with E-state index in [9.17, 15) is 14.7 Å². The summed E-state index contributed by atoms with van der Waals surface area (Å²) in [5.74, 6) is -2.73. The van der Waals surface area contributed by atoms with Crippen LogP contribution in [-0.4, -0.2) is 51.1 Å². The molecular formula is C19H22ClNO6. The Morgan fingerprint density at radius 1 is 1.11 bits per heavy atom. The van der Waals surface area contributed by atoms with Gasteiger partial charge in [-0.1, -0.05) is 29.8 Å². The summed E-state index contributed by atoms with van der Waals surface area (Å²) in [7, 11) is 2.94. The summed E-state index contributed by atoms with van der Waals surface area (Å²) in [5.41, 5.74) is 1.37. The number of esters is 1. The van der Waals surface area contributed by atoms with Crippen molar-refractivity contribution in [3.8, 4) is 0 Å². The summed E-state index contributed by atoms with van der Waals surface area (Å²) in [6, 6.07) is 6.80. The van der Waals surface area contributed by atoms with Crippen LogP contribution in [0, 0.1) is 0 Å². The van der Waals surface area contributed by atoms with E-state index < -0.39 is 17.9 Å². The molecule has 1 aliphatic heterocycles. The molecule has 0 saturated carbocycles. The zero-order valence-corrected chi connectivity index (χ0v) is 16.1. The molecule has 0 aliphatic carbocycles.